The quantitative estimate of drug-likeness (QED) is 0.561. The second kappa shape index (κ2) is 8.77. The predicted octanol–water partition coefficient (Wildman–Crippen LogP) is 4.04. The van der Waals surface area contributed by atoms with Crippen molar-refractivity contribution in [3.05, 3.63) is 35.4 Å². The van der Waals surface area contributed by atoms with Crippen LogP contribution in [0.1, 0.15) is 36.8 Å². The molecule has 1 nitrogen and oxygen atoms in total. The van der Waals surface area contributed by atoms with Crippen LogP contribution in [-0.4, -0.2) is 11.9 Å². The number of alkyl halides is 1. The Morgan fingerprint density at radius 3 is 2.56 bits per heavy atom. The normalized spacial score (nSPS) is 10.6. The number of benzene rings is 1. The highest BCUT2D eigenvalue weighted by Crippen LogP contribution is 2.06. The van der Waals surface area contributed by atoms with Gasteiger partial charge in [0.25, 0.3) is 0 Å². The summed E-state index contributed by atoms with van der Waals surface area (Å²) in [6.07, 6.45) is 5.28. The second-order valence-electron chi connectivity index (χ2n) is 4.21. The molecule has 0 saturated heterocycles. The van der Waals surface area contributed by atoms with Crippen molar-refractivity contribution in [3.63, 3.8) is 0 Å². The van der Waals surface area contributed by atoms with Crippen molar-refractivity contribution in [3.8, 4) is 0 Å². The van der Waals surface area contributed by atoms with Crippen LogP contribution in [0.3, 0.4) is 0 Å². The van der Waals surface area contributed by atoms with Crippen LogP contribution in [0.2, 0.25) is 0 Å². The van der Waals surface area contributed by atoms with Crippen LogP contribution in [-0.2, 0) is 6.54 Å². The Kier molecular flexibility index (Phi) is 7.52. The van der Waals surface area contributed by atoms with Gasteiger partial charge >= 0.3 is 0 Å². The van der Waals surface area contributed by atoms with Crippen LogP contribution < -0.4 is 5.32 Å². The molecular weight excluding hydrogens is 262 g/mol. The SMILES string of the molecule is Cc1ccccc1CNCCCCCCBr. The van der Waals surface area contributed by atoms with Crippen molar-refractivity contribution < 1.29 is 0 Å². The van der Waals surface area contributed by atoms with Crippen LogP contribution in [0.25, 0.3) is 0 Å². The van der Waals surface area contributed by atoms with E-state index < -0.39 is 0 Å². The molecule has 0 aliphatic carbocycles. The maximum atomic E-state index is 3.51. The Labute approximate surface area is 108 Å². The zero-order valence-electron chi connectivity index (χ0n) is 10.1. The lowest BCUT2D eigenvalue weighted by Gasteiger charge is -2.07. The molecule has 0 unspecified atom stereocenters. The lowest BCUT2D eigenvalue weighted by atomic mass is 10.1. The second-order valence-corrected chi connectivity index (χ2v) is 5.00. The molecule has 90 valence electrons. The molecule has 1 aromatic carbocycles. The zero-order chi connectivity index (χ0) is 11.6. The van der Waals surface area contributed by atoms with E-state index in [1.165, 1.54) is 36.8 Å². The number of aryl methyl sites for hydroxylation is 1. The summed E-state index contributed by atoms with van der Waals surface area (Å²) >= 11 is 3.46. The monoisotopic (exact) mass is 283 g/mol. The number of halogens is 1. The summed E-state index contributed by atoms with van der Waals surface area (Å²) in [6.45, 7) is 4.31. The van der Waals surface area contributed by atoms with E-state index in [1.54, 1.807) is 0 Å². The van der Waals surface area contributed by atoms with Gasteiger partial charge in [-0.3, -0.25) is 0 Å². The summed E-state index contributed by atoms with van der Waals surface area (Å²) in [4.78, 5) is 0. The Morgan fingerprint density at radius 2 is 1.81 bits per heavy atom. The predicted molar refractivity (Wildman–Crippen MR) is 75.1 cm³/mol. The molecule has 0 radical (unpaired) electrons. The first-order valence-electron chi connectivity index (χ1n) is 6.16. The van der Waals surface area contributed by atoms with Crippen molar-refractivity contribution in [2.75, 3.05) is 11.9 Å². The first-order chi connectivity index (χ1) is 7.84. The maximum absolute atomic E-state index is 3.51. The summed E-state index contributed by atoms with van der Waals surface area (Å²) < 4.78 is 0. The van der Waals surface area contributed by atoms with Gasteiger partial charge in [0.1, 0.15) is 0 Å². The van der Waals surface area contributed by atoms with Crippen molar-refractivity contribution in [1.82, 2.24) is 5.32 Å². The van der Waals surface area contributed by atoms with Crippen LogP contribution in [0, 0.1) is 6.92 Å². The van der Waals surface area contributed by atoms with E-state index >= 15 is 0 Å². The topological polar surface area (TPSA) is 12.0 Å². The largest absolute Gasteiger partial charge is 0.313 e. The minimum absolute atomic E-state index is 1.01. The molecule has 1 aromatic rings. The van der Waals surface area contributed by atoms with Crippen molar-refractivity contribution >= 4 is 15.9 Å². The van der Waals surface area contributed by atoms with Gasteiger partial charge in [0.15, 0.2) is 0 Å². The molecule has 0 aliphatic heterocycles. The number of hydrogen-bond donors (Lipinski definition) is 1. The Hall–Kier alpha value is -0.340. The molecule has 1 rings (SSSR count). The van der Waals surface area contributed by atoms with E-state index in [4.69, 9.17) is 0 Å². The smallest absolute Gasteiger partial charge is 0.0208 e. The van der Waals surface area contributed by atoms with Crippen molar-refractivity contribution in [2.45, 2.75) is 39.2 Å². The number of nitrogens with one attached hydrogen (secondary N) is 1. The van der Waals surface area contributed by atoms with Gasteiger partial charge in [0, 0.05) is 11.9 Å². The van der Waals surface area contributed by atoms with E-state index in [1.807, 2.05) is 0 Å². The maximum Gasteiger partial charge on any atom is 0.0208 e. The minimum atomic E-state index is 1.01. The summed E-state index contributed by atoms with van der Waals surface area (Å²) in [5.74, 6) is 0. The van der Waals surface area contributed by atoms with Gasteiger partial charge in [-0.15, -0.1) is 0 Å². The van der Waals surface area contributed by atoms with E-state index in [0.717, 1.165) is 18.4 Å². The van der Waals surface area contributed by atoms with Crippen molar-refractivity contribution in [1.29, 1.82) is 0 Å². The van der Waals surface area contributed by atoms with Gasteiger partial charge in [0.05, 0.1) is 0 Å². The van der Waals surface area contributed by atoms with Crippen LogP contribution in [0.15, 0.2) is 24.3 Å². The Morgan fingerprint density at radius 1 is 1.06 bits per heavy atom. The summed E-state index contributed by atoms with van der Waals surface area (Å²) in [6, 6.07) is 8.58. The summed E-state index contributed by atoms with van der Waals surface area (Å²) in [7, 11) is 0. The lowest BCUT2D eigenvalue weighted by molar-refractivity contribution is 0.599. The third-order valence-electron chi connectivity index (χ3n) is 2.81. The van der Waals surface area contributed by atoms with Crippen LogP contribution in [0.5, 0.6) is 0 Å². The van der Waals surface area contributed by atoms with Gasteiger partial charge in [-0.2, -0.15) is 0 Å². The van der Waals surface area contributed by atoms with E-state index in [2.05, 4.69) is 52.4 Å². The molecule has 0 bridgehead atoms. The van der Waals surface area contributed by atoms with Crippen LogP contribution >= 0.6 is 15.9 Å². The fourth-order valence-electron chi connectivity index (χ4n) is 1.73. The minimum Gasteiger partial charge on any atom is -0.313 e. The zero-order valence-corrected chi connectivity index (χ0v) is 11.7. The molecule has 0 spiro atoms. The third-order valence-corrected chi connectivity index (χ3v) is 3.37. The van der Waals surface area contributed by atoms with E-state index in [9.17, 15) is 0 Å². The van der Waals surface area contributed by atoms with Gasteiger partial charge in [0.2, 0.25) is 0 Å². The Bertz CT molecular complexity index is 286. The highest BCUT2D eigenvalue weighted by Gasteiger charge is 1.95. The molecule has 0 aliphatic rings. The summed E-state index contributed by atoms with van der Waals surface area (Å²) in [5, 5.41) is 4.65. The third kappa shape index (κ3) is 5.66. The average molecular weight is 284 g/mol. The molecule has 0 saturated carbocycles. The molecule has 2 heteroatoms. The molecule has 1 N–H and O–H groups in total. The fraction of sp³-hybridized carbons (Fsp3) is 0.571. The number of unbranched alkanes of at least 4 members (excludes halogenated alkanes) is 3. The standard InChI is InChI=1S/C14H22BrN/c1-13-8-4-5-9-14(13)12-16-11-7-3-2-6-10-15/h4-5,8-9,16H,2-3,6-7,10-12H2,1H3. The number of rotatable bonds is 8. The molecule has 0 heterocycles. The molecule has 16 heavy (non-hydrogen) atoms. The average Bonchev–Trinajstić information content (AvgIpc) is 2.30. The first kappa shape index (κ1) is 13.7. The number of hydrogen-bond acceptors (Lipinski definition) is 1. The lowest BCUT2D eigenvalue weighted by Crippen LogP contribution is -2.15. The highest BCUT2D eigenvalue weighted by molar-refractivity contribution is 9.09. The van der Waals surface area contributed by atoms with E-state index in [-0.39, 0.29) is 0 Å². The van der Waals surface area contributed by atoms with Crippen molar-refractivity contribution in [2.24, 2.45) is 0 Å². The van der Waals surface area contributed by atoms with Gasteiger partial charge in [-0.25, -0.2) is 0 Å². The fourth-order valence-corrected chi connectivity index (χ4v) is 2.13. The molecule has 0 atom stereocenters. The van der Waals surface area contributed by atoms with E-state index in [0.29, 0.717) is 0 Å². The Balaban J connectivity index is 2.05. The highest BCUT2D eigenvalue weighted by atomic mass is 79.9. The van der Waals surface area contributed by atoms with Gasteiger partial charge in [-0.1, -0.05) is 53.0 Å². The molecule has 0 aromatic heterocycles. The van der Waals surface area contributed by atoms with Crippen LogP contribution in [0.4, 0.5) is 0 Å². The van der Waals surface area contributed by atoms with Gasteiger partial charge < -0.3 is 5.32 Å². The van der Waals surface area contributed by atoms with Gasteiger partial charge in [-0.05, 0) is 37.4 Å². The molecule has 0 fully saturated rings. The summed E-state index contributed by atoms with van der Waals surface area (Å²) in [5.41, 5.74) is 2.80. The molecular formula is C14H22BrN. The first-order valence-corrected chi connectivity index (χ1v) is 7.28. The molecule has 0 amide bonds.